The van der Waals surface area contributed by atoms with Gasteiger partial charge in [-0.1, -0.05) is 0 Å². The van der Waals surface area contributed by atoms with Crippen LogP contribution in [0.5, 0.6) is 0 Å². The molecule has 0 aromatic rings. The zero-order valence-electron chi connectivity index (χ0n) is 5.99. The van der Waals surface area contributed by atoms with Crippen molar-refractivity contribution in [1.29, 1.82) is 0 Å². The summed E-state index contributed by atoms with van der Waals surface area (Å²) in [6.45, 7) is 0. The second kappa shape index (κ2) is 3.35. The molecular formula is C8H9ClF2. The van der Waals surface area contributed by atoms with E-state index in [9.17, 15) is 8.78 Å². The SMILES string of the molecule is FC1=CCC(F)(CCCl)C=C1. The van der Waals surface area contributed by atoms with Crippen molar-refractivity contribution < 1.29 is 8.78 Å². The molecule has 0 heterocycles. The number of rotatable bonds is 2. The fourth-order valence-electron chi connectivity index (χ4n) is 0.975. The third kappa shape index (κ3) is 2.29. The van der Waals surface area contributed by atoms with Crippen LogP contribution in [0, 0.1) is 0 Å². The van der Waals surface area contributed by atoms with Crippen LogP contribution in [0.4, 0.5) is 8.78 Å². The van der Waals surface area contributed by atoms with Crippen LogP contribution in [0.15, 0.2) is 24.1 Å². The van der Waals surface area contributed by atoms with Gasteiger partial charge in [-0.05, 0) is 24.6 Å². The Morgan fingerprint density at radius 3 is 2.82 bits per heavy atom. The molecule has 1 atom stereocenters. The minimum atomic E-state index is -1.42. The lowest BCUT2D eigenvalue weighted by Crippen LogP contribution is -2.21. The Bertz CT molecular complexity index is 198. The zero-order chi connectivity index (χ0) is 8.32. The van der Waals surface area contributed by atoms with Gasteiger partial charge in [-0.25, -0.2) is 8.78 Å². The van der Waals surface area contributed by atoms with Gasteiger partial charge in [0.1, 0.15) is 11.5 Å². The van der Waals surface area contributed by atoms with Crippen molar-refractivity contribution in [3.05, 3.63) is 24.1 Å². The van der Waals surface area contributed by atoms with Crippen LogP contribution in [0.25, 0.3) is 0 Å². The van der Waals surface area contributed by atoms with Crippen molar-refractivity contribution in [3.63, 3.8) is 0 Å². The molecular weight excluding hydrogens is 170 g/mol. The Morgan fingerprint density at radius 1 is 1.64 bits per heavy atom. The summed E-state index contributed by atoms with van der Waals surface area (Å²) in [7, 11) is 0. The fraction of sp³-hybridized carbons (Fsp3) is 0.500. The van der Waals surface area contributed by atoms with Crippen LogP contribution in [-0.2, 0) is 0 Å². The summed E-state index contributed by atoms with van der Waals surface area (Å²) in [6, 6.07) is 0. The number of alkyl halides is 2. The molecule has 0 fully saturated rings. The van der Waals surface area contributed by atoms with Crippen LogP contribution in [0.2, 0.25) is 0 Å². The highest BCUT2D eigenvalue weighted by Crippen LogP contribution is 2.28. The van der Waals surface area contributed by atoms with Gasteiger partial charge in [0.05, 0.1) is 0 Å². The summed E-state index contributed by atoms with van der Waals surface area (Å²) in [5.41, 5.74) is -1.42. The van der Waals surface area contributed by atoms with Crippen LogP contribution >= 0.6 is 11.6 Å². The van der Waals surface area contributed by atoms with Gasteiger partial charge in [0, 0.05) is 12.3 Å². The van der Waals surface area contributed by atoms with Gasteiger partial charge in [-0.2, -0.15) is 0 Å². The topological polar surface area (TPSA) is 0 Å². The third-order valence-corrected chi connectivity index (χ3v) is 1.88. The minimum Gasteiger partial charge on any atom is -0.239 e. The summed E-state index contributed by atoms with van der Waals surface area (Å²) in [4.78, 5) is 0. The lowest BCUT2D eigenvalue weighted by Gasteiger charge is -2.20. The van der Waals surface area contributed by atoms with Gasteiger partial charge >= 0.3 is 0 Å². The second-order valence-electron chi connectivity index (χ2n) is 2.60. The van der Waals surface area contributed by atoms with Crippen molar-refractivity contribution in [2.45, 2.75) is 18.5 Å². The highest BCUT2D eigenvalue weighted by molar-refractivity contribution is 6.17. The van der Waals surface area contributed by atoms with E-state index in [2.05, 4.69) is 0 Å². The van der Waals surface area contributed by atoms with Gasteiger partial charge < -0.3 is 0 Å². The number of allylic oxidation sites excluding steroid dienone is 4. The molecule has 0 nitrogen and oxygen atoms in total. The van der Waals surface area contributed by atoms with Crippen molar-refractivity contribution in [3.8, 4) is 0 Å². The molecule has 0 N–H and O–H groups in total. The first-order valence-electron chi connectivity index (χ1n) is 3.46. The molecule has 0 aromatic carbocycles. The molecule has 3 heteroatoms. The summed E-state index contributed by atoms with van der Waals surface area (Å²) in [6.07, 6.45) is 3.98. The van der Waals surface area contributed by atoms with E-state index >= 15 is 0 Å². The van der Waals surface area contributed by atoms with E-state index in [1.54, 1.807) is 0 Å². The average molecular weight is 179 g/mol. The Morgan fingerprint density at radius 2 is 2.36 bits per heavy atom. The van der Waals surface area contributed by atoms with Gasteiger partial charge in [0.15, 0.2) is 0 Å². The standard InChI is InChI=1S/C8H9ClF2/c9-6-5-8(11)3-1-7(10)2-4-8/h1-3H,4-6H2. The summed E-state index contributed by atoms with van der Waals surface area (Å²) in [5.74, 6) is -0.108. The maximum atomic E-state index is 13.4. The van der Waals surface area contributed by atoms with E-state index < -0.39 is 5.67 Å². The lowest BCUT2D eigenvalue weighted by atomic mass is 9.94. The first-order chi connectivity index (χ1) is 5.16. The van der Waals surface area contributed by atoms with Crippen molar-refractivity contribution in [2.24, 2.45) is 0 Å². The number of hydrogen-bond acceptors (Lipinski definition) is 0. The Hall–Kier alpha value is -0.370. The molecule has 11 heavy (non-hydrogen) atoms. The molecule has 0 bridgehead atoms. The van der Waals surface area contributed by atoms with Gasteiger partial charge in [-0.15, -0.1) is 11.6 Å². The van der Waals surface area contributed by atoms with E-state index in [1.165, 1.54) is 12.2 Å². The Kier molecular flexibility index (Phi) is 2.66. The van der Waals surface area contributed by atoms with E-state index in [0.717, 1.165) is 6.08 Å². The van der Waals surface area contributed by atoms with E-state index in [0.29, 0.717) is 0 Å². The maximum Gasteiger partial charge on any atom is 0.134 e. The smallest absolute Gasteiger partial charge is 0.134 e. The molecule has 0 saturated carbocycles. The second-order valence-corrected chi connectivity index (χ2v) is 2.98. The molecule has 62 valence electrons. The zero-order valence-corrected chi connectivity index (χ0v) is 6.74. The third-order valence-electron chi connectivity index (χ3n) is 1.69. The Balaban J connectivity index is 2.58. The maximum absolute atomic E-state index is 13.4. The van der Waals surface area contributed by atoms with Gasteiger partial charge in [0.2, 0.25) is 0 Å². The van der Waals surface area contributed by atoms with Crippen LogP contribution in [0.3, 0.4) is 0 Å². The minimum absolute atomic E-state index is 0.0993. The van der Waals surface area contributed by atoms with E-state index in [-0.39, 0.29) is 24.5 Å². The first-order valence-corrected chi connectivity index (χ1v) is 3.99. The van der Waals surface area contributed by atoms with Crippen molar-refractivity contribution >= 4 is 11.6 Å². The predicted molar refractivity (Wildman–Crippen MR) is 42.1 cm³/mol. The molecule has 0 aliphatic heterocycles. The summed E-state index contributed by atoms with van der Waals surface area (Å²) < 4.78 is 25.7. The lowest BCUT2D eigenvalue weighted by molar-refractivity contribution is 0.223. The molecule has 0 saturated heterocycles. The van der Waals surface area contributed by atoms with Crippen LogP contribution in [0.1, 0.15) is 12.8 Å². The normalized spacial score (nSPS) is 30.3. The summed E-state index contributed by atoms with van der Waals surface area (Å²) >= 11 is 5.37. The largest absolute Gasteiger partial charge is 0.239 e. The number of halogens is 3. The molecule has 1 unspecified atom stereocenters. The van der Waals surface area contributed by atoms with Gasteiger partial charge in [-0.3, -0.25) is 0 Å². The number of hydrogen-bond donors (Lipinski definition) is 0. The summed E-state index contributed by atoms with van der Waals surface area (Å²) in [5, 5.41) is 0. The molecule has 1 aliphatic rings. The van der Waals surface area contributed by atoms with Crippen molar-refractivity contribution in [1.82, 2.24) is 0 Å². The van der Waals surface area contributed by atoms with Crippen molar-refractivity contribution in [2.75, 3.05) is 5.88 Å². The van der Waals surface area contributed by atoms with Gasteiger partial charge in [0.25, 0.3) is 0 Å². The molecule has 0 amide bonds. The van der Waals surface area contributed by atoms with E-state index in [4.69, 9.17) is 11.6 Å². The quantitative estimate of drug-likeness (QED) is 0.570. The molecule has 0 radical (unpaired) electrons. The molecule has 0 aromatic heterocycles. The highest BCUT2D eigenvalue weighted by Gasteiger charge is 2.26. The van der Waals surface area contributed by atoms with Crippen LogP contribution in [-0.4, -0.2) is 11.5 Å². The fourth-order valence-corrected chi connectivity index (χ4v) is 1.29. The van der Waals surface area contributed by atoms with Crippen LogP contribution < -0.4 is 0 Å². The Labute approximate surface area is 69.5 Å². The average Bonchev–Trinajstić information content (AvgIpc) is 1.97. The van der Waals surface area contributed by atoms with E-state index in [1.807, 2.05) is 0 Å². The molecule has 1 aliphatic carbocycles. The first kappa shape index (κ1) is 8.72. The highest BCUT2D eigenvalue weighted by atomic mass is 35.5. The predicted octanol–water partition coefficient (Wildman–Crippen LogP) is 3.14. The molecule has 1 rings (SSSR count). The molecule has 0 spiro atoms. The monoisotopic (exact) mass is 178 g/mol.